The molecule has 0 bridgehead atoms. The van der Waals surface area contributed by atoms with Gasteiger partial charge in [-0.15, -0.1) is 0 Å². The van der Waals surface area contributed by atoms with E-state index in [1.54, 1.807) is 35.1 Å². The third kappa shape index (κ3) is 4.86. The van der Waals surface area contributed by atoms with E-state index in [9.17, 15) is 9.59 Å². The van der Waals surface area contributed by atoms with E-state index in [1.165, 1.54) is 7.11 Å². The molecule has 39 heavy (non-hydrogen) atoms. The predicted octanol–water partition coefficient (Wildman–Crippen LogP) is 6.13. The molecule has 7 nitrogen and oxygen atoms in total. The molecule has 1 aromatic heterocycles. The number of hydrogen-bond donors (Lipinski definition) is 0. The van der Waals surface area contributed by atoms with Gasteiger partial charge in [-0.25, -0.2) is 0 Å². The first kappa shape index (κ1) is 26.4. The zero-order valence-corrected chi connectivity index (χ0v) is 23.1. The van der Waals surface area contributed by atoms with E-state index in [0.29, 0.717) is 22.1 Å². The van der Waals surface area contributed by atoms with Gasteiger partial charge in [0.1, 0.15) is 24.1 Å². The van der Waals surface area contributed by atoms with Gasteiger partial charge in [0.25, 0.3) is 5.91 Å². The standard InChI is InChI=1S/C31H30ClN3O4/c1-20(2)34(31(37)24-15-14-23(38-3)18-28(24)39-4)19-29(36)35-26-12-6-5-11-25(26)33-16-8-13-27(33)30(35)21-9-7-10-22(32)17-21/h5-18,20,30H,19H2,1-4H3. The Morgan fingerprint density at radius 2 is 1.69 bits per heavy atom. The van der Waals surface area contributed by atoms with Gasteiger partial charge in [-0.2, -0.15) is 0 Å². The van der Waals surface area contributed by atoms with Crippen LogP contribution in [0.2, 0.25) is 5.02 Å². The molecule has 0 aliphatic carbocycles. The monoisotopic (exact) mass is 543 g/mol. The van der Waals surface area contributed by atoms with E-state index in [4.69, 9.17) is 21.1 Å². The Balaban J connectivity index is 1.56. The number of aromatic nitrogens is 1. The van der Waals surface area contributed by atoms with Crippen LogP contribution in [0.5, 0.6) is 11.5 Å². The largest absolute Gasteiger partial charge is 0.497 e. The van der Waals surface area contributed by atoms with Crippen molar-refractivity contribution in [1.82, 2.24) is 9.47 Å². The molecule has 4 aromatic rings. The van der Waals surface area contributed by atoms with E-state index < -0.39 is 6.04 Å². The predicted molar refractivity (Wildman–Crippen MR) is 152 cm³/mol. The summed E-state index contributed by atoms with van der Waals surface area (Å²) >= 11 is 6.39. The second-order valence-corrected chi connectivity index (χ2v) is 10.0. The van der Waals surface area contributed by atoms with Crippen molar-refractivity contribution in [1.29, 1.82) is 0 Å². The molecule has 3 aromatic carbocycles. The SMILES string of the molecule is COc1ccc(C(=O)N(CC(=O)N2c3ccccc3-n3cccc3C2c2cccc(Cl)c2)C(C)C)c(OC)c1. The van der Waals surface area contributed by atoms with Crippen molar-refractivity contribution in [2.45, 2.75) is 25.9 Å². The van der Waals surface area contributed by atoms with E-state index in [0.717, 1.165) is 22.6 Å². The molecule has 1 atom stereocenters. The lowest BCUT2D eigenvalue weighted by Gasteiger charge is -2.40. The zero-order chi connectivity index (χ0) is 27.7. The fourth-order valence-corrected chi connectivity index (χ4v) is 5.29. The van der Waals surface area contributed by atoms with Gasteiger partial charge < -0.3 is 18.9 Å². The first-order valence-corrected chi connectivity index (χ1v) is 13.1. The van der Waals surface area contributed by atoms with Crippen molar-refractivity contribution in [3.63, 3.8) is 0 Å². The normalized spacial score (nSPS) is 14.0. The number of nitrogens with zero attached hydrogens (tertiary/aromatic N) is 3. The maximum Gasteiger partial charge on any atom is 0.258 e. The molecule has 1 aliphatic rings. The summed E-state index contributed by atoms with van der Waals surface area (Å²) in [6, 6.07) is 23.7. The lowest BCUT2D eigenvalue weighted by atomic mass is 9.97. The molecule has 0 spiro atoms. The van der Waals surface area contributed by atoms with E-state index in [-0.39, 0.29) is 24.4 Å². The average molecular weight is 544 g/mol. The number of rotatable bonds is 7. The van der Waals surface area contributed by atoms with Crippen LogP contribution in [0, 0.1) is 0 Å². The lowest BCUT2D eigenvalue weighted by Crippen LogP contribution is -2.48. The smallest absolute Gasteiger partial charge is 0.258 e. The Morgan fingerprint density at radius 1 is 0.923 bits per heavy atom. The van der Waals surface area contributed by atoms with Crippen LogP contribution >= 0.6 is 11.6 Å². The first-order chi connectivity index (χ1) is 18.8. The Morgan fingerprint density at radius 3 is 2.38 bits per heavy atom. The Labute approximate surface area is 233 Å². The Bertz CT molecular complexity index is 1530. The van der Waals surface area contributed by atoms with Gasteiger partial charge in [-0.1, -0.05) is 35.9 Å². The molecule has 2 amide bonds. The van der Waals surface area contributed by atoms with Gasteiger partial charge in [-0.3, -0.25) is 14.5 Å². The van der Waals surface area contributed by atoms with Gasteiger partial charge in [0.15, 0.2) is 0 Å². The summed E-state index contributed by atoms with van der Waals surface area (Å²) in [5.74, 6) is 0.448. The van der Waals surface area contributed by atoms with Crippen molar-refractivity contribution >= 4 is 29.1 Å². The molecule has 200 valence electrons. The molecule has 0 saturated carbocycles. The minimum atomic E-state index is -0.430. The number of ether oxygens (including phenoxy) is 2. The van der Waals surface area contributed by atoms with Gasteiger partial charge >= 0.3 is 0 Å². The molecule has 2 heterocycles. The average Bonchev–Trinajstić information content (AvgIpc) is 3.44. The molecule has 0 saturated heterocycles. The van der Waals surface area contributed by atoms with Crippen LogP contribution in [-0.2, 0) is 4.79 Å². The number of para-hydroxylation sites is 2. The van der Waals surface area contributed by atoms with Crippen molar-refractivity contribution in [3.05, 3.63) is 107 Å². The summed E-state index contributed by atoms with van der Waals surface area (Å²) in [6.45, 7) is 3.66. The van der Waals surface area contributed by atoms with Crippen LogP contribution in [-0.4, -0.2) is 48.1 Å². The highest BCUT2D eigenvalue weighted by Crippen LogP contribution is 2.42. The van der Waals surface area contributed by atoms with Gasteiger partial charge in [-0.05, 0) is 67.9 Å². The van der Waals surface area contributed by atoms with Crippen molar-refractivity contribution < 1.29 is 19.1 Å². The molecule has 0 N–H and O–H groups in total. The third-order valence-electron chi connectivity index (χ3n) is 6.98. The molecule has 1 unspecified atom stereocenters. The molecule has 1 aliphatic heterocycles. The zero-order valence-electron chi connectivity index (χ0n) is 22.3. The maximum atomic E-state index is 14.3. The number of carbonyl (C=O) groups excluding carboxylic acids is 2. The Kier molecular flexibility index (Phi) is 7.35. The fourth-order valence-electron chi connectivity index (χ4n) is 5.09. The van der Waals surface area contributed by atoms with Gasteiger partial charge in [0.2, 0.25) is 5.91 Å². The molecule has 8 heteroatoms. The summed E-state index contributed by atoms with van der Waals surface area (Å²) in [7, 11) is 3.06. The molecule has 0 fully saturated rings. The Hall–Kier alpha value is -4.23. The summed E-state index contributed by atoms with van der Waals surface area (Å²) in [5.41, 5.74) is 3.82. The van der Waals surface area contributed by atoms with Crippen LogP contribution in [0.1, 0.15) is 41.5 Å². The minimum absolute atomic E-state index is 0.127. The topological polar surface area (TPSA) is 64.0 Å². The van der Waals surface area contributed by atoms with Crippen LogP contribution in [0.3, 0.4) is 0 Å². The first-order valence-electron chi connectivity index (χ1n) is 12.7. The molecular weight excluding hydrogens is 514 g/mol. The van der Waals surface area contributed by atoms with E-state index in [2.05, 4.69) is 4.57 Å². The van der Waals surface area contributed by atoms with Gasteiger partial charge in [0.05, 0.1) is 36.9 Å². The molecular formula is C31H30ClN3O4. The quantitative estimate of drug-likeness (QED) is 0.281. The van der Waals surface area contributed by atoms with Crippen molar-refractivity contribution in [2.75, 3.05) is 25.7 Å². The summed E-state index contributed by atoms with van der Waals surface area (Å²) in [4.78, 5) is 31.5. The summed E-state index contributed by atoms with van der Waals surface area (Å²) in [6.07, 6.45) is 1.99. The number of carbonyl (C=O) groups is 2. The maximum absolute atomic E-state index is 14.3. The van der Waals surface area contributed by atoms with Crippen LogP contribution in [0.15, 0.2) is 85.1 Å². The van der Waals surface area contributed by atoms with Crippen LogP contribution in [0.25, 0.3) is 5.69 Å². The lowest BCUT2D eigenvalue weighted by molar-refractivity contribution is -0.120. The molecule has 0 radical (unpaired) electrons. The second-order valence-electron chi connectivity index (χ2n) is 9.61. The van der Waals surface area contributed by atoms with Gasteiger partial charge in [0, 0.05) is 23.3 Å². The number of methoxy groups -OCH3 is 2. The third-order valence-corrected chi connectivity index (χ3v) is 7.22. The van der Waals surface area contributed by atoms with E-state index in [1.807, 2.05) is 80.7 Å². The number of benzene rings is 3. The number of halogens is 1. The highest BCUT2D eigenvalue weighted by atomic mass is 35.5. The number of fused-ring (bicyclic) bond motifs is 3. The molecule has 5 rings (SSSR count). The summed E-state index contributed by atoms with van der Waals surface area (Å²) in [5, 5.41) is 0.586. The summed E-state index contributed by atoms with van der Waals surface area (Å²) < 4.78 is 12.9. The van der Waals surface area contributed by atoms with Crippen molar-refractivity contribution in [3.8, 4) is 17.2 Å². The highest BCUT2D eigenvalue weighted by molar-refractivity contribution is 6.30. The highest BCUT2D eigenvalue weighted by Gasteiger charge is 2.37. The van der Waals surface area contributed by atoms with Crippen molar-refractivity contribution in [2.24, 2.45) is 0 Å². The number of amides is 2. The number of hydrogen-bond acceptors (Lipinski definition) is 4. The second kappa shape index (κ2) is 10.9. The van der Waals surface area contributed by atoms with Crippen LogP contribution < -0.4 is 14.4 Å². The fraction of sp³-hybridized carbons (Fsp3) is 0.226. The van der Waals surface area contributed by atoms with Crippen LogP contribution in [0.4, 0.5) is 5.69 Å². The minimum Gasteiger partial charge on any atom is -0.497 e. The van der Waals surface area contributed by atoms with E-state index >= 15 is 0 Å². The number of anilines is 1.